The van der Waals surface area contributed by atoms with Crippen LogP contribution in [0.5, 0.6) is 0 Å². The average Bonchev–Trinajstić information content (AvgIpc) is 2.28. The standard InChI is InChI=1S/C11H18Br2O4/c12-6-4-10(14)16-8-2-1-3-9-17-11(15)5-7-13/h1-9H2. The summed E-state index contributed by atoms with van der Waals surface area (Å²) in [6, 6.07) is 0. The molecule has 0 amide bonds. The quantitative estimate of drug-likeness (QED) is 0.335. The van der Waals surface area contributed by atoms with E-state index in [1.807, 2.05) is 0 Å². The molecule has 0 aliphatic carbocycles. The van der Waals surface area contributed by atoms with Gasteiger partial charge in [0.2, 0.25) is 0 Å². The van der Waals surface area contributed by atoms with Crippen LogP contribution < -0.4 is 0 Å². The molecule has 0 atom stereocenters. The van der Waals surface area contributed by atoms with Gasteiger partial charge in [0, 0.05) is 10.7 Å². The van der Waals surface area contributed by atoms with E-state index >= 15 is 0 Å². The van der Waals surface area contributed by atoms with Crippen molar-refractivity contribution in [2.24, 2.45) is 0 Å². The molecule has 0 saturated carbocycles. The van der Waals surface area contributed by atoms with Gasteiger partial charge in [-0.3, -0.25) is 9.59 Å². The number of esters is 2. The van der Waals surface area contributed by atoms with E-state index in [9.17, 15) is 9.59 Å². The number of rotatable bonds is 10. The van der Waals surface area contributed by atoms with Crippen molar-refractivity contribution in [1.29, 1.82) is 0 Å². The summed E-state index contributed by atoms with van der Waals surface area (Å²) in [5, 5.41) is 1.27. The molecule has 100 valence electrons. The Morgan fingerprint density at radius 1 is 0.765 bits per heavy atom. The van der Waals surface area contributed by atoms with Crippen molar-refractivity contribution in [3.05, 3.63) is 0 Å². The van der Waals surface area contributed by atoms with Crippen LogP contribution in [0.3, 0.4) is 0 Å². The maximum Gasteiger partial charge on any atom is 0.306 e. The number of unbranched alkanes of at least 4 members (excludes halogenated alkanes) is 2. The summed E-state index contributed by atoms with van der Waals surface area (Å²) in [4.78, 5) is 21.9. The summed E-state index contributed by atoms with van der Waals surface area (Å²) < 4.78 is 9.93. The molecule has 0 unspecified atom stereocenters. The topological polar surface area (TPSA) is 52.6 Å². The first-order valence-electron chi connectivity index (χ1n) is 5.64. The fourth-order valence-corrected chi connectivity index (χ4v) is 1.70. The van der Waals surface area contributed by atoms with Crippen molar-refractivity contribution in [3.8, 4) is 0 Å². The number of carbonyl (C=O) groups is 2. The van der Waals surface area contributed by atoms with Crippen LogP contribution >= 0.6 is 31.9 Å². The molecule has 0 N–H and O–H groups in total. The van der Waals surface area contributed by atoms with Crippen LogP contribution in [0.1, 0.15) is 32.1 Å². The molecule has 17 heavy (non-hydrogen) atoms. The number of hydrogen-bond donors (Lipinski definition) is 0. The summed E-state index contributed by atoms with van der Waals surface area (Å²) in [5.74, 6) is -0.351. The number of hydrogen-bond acceptors (Lipinski definition) is 4. The zero-order chi connectivity index (χ0) is 12.9. The maximum absolute atomic E-state index is 11.0. The average molecular weight is 374 g/mol. The molecular weight excluding hydrogens is 356 g/mol. The second kappa shape index (κ2) is 12.4. The number of alkyl halides is 2. The number of ether oxygens (including phenoxy) is 2. The van der Waals surface area contributed by atoms with Crippen molar-refractivity contribution in [3.63, 3.8) is 0 Å². The highest BCUT2D eigenvalue weighted by Crippen LogP contribution is 2.00. The van der Waals surface area contributed by atoms with E-state index in [0.29, 0.717) is 36.7 Å². The summed E-state index contributed by atoms with van der Waals surface area (Å²) in [7, 11) is 0. The Morgan fingerprint density at radius 2 is 1.18 bits per heavy atom. The van der Waals surface area contributed by atoms with E-state index in [4.69, 9.17) is 9.47 Å². The Balaban J connectivity index is 3.18. The van der Waals surface area contributed by atoms with Gasteiger partial charge in [-0.15, -0.1) is 0 Å². The van der Waals surface area contributed by atoms with Gasteiger partial charge in [0.15, 0.2) is 0 Å². The van der Waals surface area contributed by atoms with Crippen molar-refractivity contribution in [2.45, 2.75) is 32.1 Å². The molecule has 0 rings (SSSR count). The molecule has 4 nitrogen and oxygen atoms in total. The Hall–Kier alpha value is -0.100. The van der Waals surface area contributed by atoms with Crippen LogP contribution in [-0.4, -0.2) is 35.8 Å². The molecule has 0 aromatic heterocycles. The van der Waals surface area contributed by atoms with Crippen LogP contribution in [0.25, 0.3) is 0 Å². The number of halogens is 2. The molecule has 0 heterocycles. The molecule has 0 bridgehead atoms. The van der Waals surface area contributed by atoms with E-state index in [1.165, 1.54) is 0 Å². The van der Waals surface area contributed by atoms with Crippen molar-refractivity contribution in [2.75, 3.05) is 23.9 Å². The summed E-state index contributed by atoms with van der Waals surface area (Å²) in [6.07, 6.45) is 3.32. The fourth-order valence-electron chi connectivity index (χ4n) is 1.05. The highest BCUT2D eigenvalue weighted by atomic mass is 79.9. The predicted octanol–water partition coefficient (Wildman–Crippen LogP) is 2.81. The third-order valence-electron chi connectivity index (χ3n) is 1.91. The third kappa shape index (κ3) is 12.2. The molecule has 0 spiro atoms. The summed E-state index contributed by atoms with van der Waals surface area (Å²) in [5.41, 5.74) is 0. The van der Waals surface area contributed by atoms with Gasteiger partial charge in [-0.05, 0) is 19.3 Å². The van der Waals surface area contributed by atoms with Crippen LogP contribution in [-0.2, 0) is 19.1 Å². The Morgan fingerprint density at radius 3 is 1.53 bits per heavy atom. The third-order valence-corrected chi connectivity index (χ3v) is 2.71. The molecule has 0 aliphatic rings. The molecule has 0 aromatic carbocycles. The smallest absolute Gasteiger partial charge is 0.306 e. The molecule has 0 saturated heterocycles. The SMILES string of the molecule is O=C(CCBr)OCCCCCOC(=O)CCBr. The van der Waals surface area contributed by atoms with E-state index in [1.54, 1.807) is 0 Å². The van der Waals surface area contributed by atoms with Gasteiger partial charge in [0.1, 0.15) is 0 Å². The van der Waals surface area contributed by atoms with Gasteiger partial charge in [-0.25, -0.2) is 0 Å². The lowest BCUT2D eigenvalue weighted by atomic mass is 10.2. The Kier molecular flexibility index (Phi) is 12.3. The second-order valence-electron chi connectivity index (χ2n) is 3.38. The van der Waals surface area contributed by atoms with Crippen LogP contribution in [0.2, 0.25) is 0 Å². The molecule has 0 fully saturated rings. The summed E-state index contributed by atoms with van der Waals surface area (Å²) >= 11 is 6.33. The minimum absolute atomic E-state index is 0.175. The monoisotopic (exact) mass is 372 g/mol. The van der Waals surface area contributed by atoms with E-state index in [0.717, 1.165) is 19.3 Å². The normalized spacial score (nSPS) is 10.0. The predicted molar refractivity (Wildman–Crippen MR) is 72.6 cm³/mol. The minimum Gasteiger partial charge on any atom is -0.466 e. The number of carbonyl (C=O) groups excluding carboxylic acids is 2. The van der Waals surface area contributed by atoms with E-state index < -0.39 is 0 Å². The molecule has 0 radical (unpaired) electrons. The van der Waals surface area contributed by atoms with Crippen LogP contribution in [0, 0.1) is 0 Å². The molecule has 0 aliphatic heterocycles. The fraction of sp³-hybridized carbons (Fsp3) is 0.818. The van der Waals surface area contributed by atoms with Crippen molar-refractivity contribution in [1.82, 2.24) is 0 Å². The zero-order valence-electron chi connectivity index (χ0n) is 9.75. The second-order valence-corrected chi connectivity index (χ2v) is 4.97. The van der Waals surface area contributed by atoms with Gasteiger partial charge < -0.3 is 9.47 Å². The highest BCUT2D eigenvalue weighted by Gasteiger charge is 2.02. The highest BCUT2D eigenvalue weighted by molar-refractivity contribution is 9.09. The minimum atomic E-state index is -0.175. The maximum atomic E-state index is 11.0. The lowest BCUT2D eigenvalue weighted by Crippen LogP contribution is -2.08. The van der Waals surface area contributed by atoms with Crippen molar-refractivity contribution >= 4 is 43.8 Å². The van der Waals surface area contributed by atoms with E-state index in [2.05, 4.69) is 31.9 Å². The molecule has 6 heteroatoms. The summed E-state index contributed by atoms with van der Waals surface area (Å²) in [6.45, 7) is 0.891. The Bertz CT molecular complexity index is 200. The Labute approximate surface area is 119 Å². The van der Waals surface area contributed by atoms with E-state index in [-0.39, 0.29) is 11.9 Å². The first-order valence-corrected chi connectivity index (χ1v) is 7.88. The lowest BCUT2D eigenvalue weighted by Gasteiger charge is -2.05. The van der Waals surface area contributed by atoms with Crippen LogP contribution in [0.4, 0.5) is 0 Å². The van der Waals surface area contributed by atoms with Gasteiger partial charge >= 0.3 is 11.9 Å². The zero-order valence-corrected chi connectivity index (χ0v) is 12.9. The van der Waals surface area contributed by atoms with Gasteiger partial charge in [0.05, 0.1) is 26.1 Å². The van der Waals surface area contributed by atoms with Gasteiger partial charge in [-0.2, -0.15) is 0 Å². The largest absolute Gasteiger partial charge is 0.466 e. The first kappa shape index (κ1) is 16.9. The van der Waals surface area contributed by atoms with Crippen LogP contribution in [0.15, 0.2) is 0 Å². The molecular formula is C11H18Br2O4. The van der Waals surface area contributed by atoms with Gasteiger partial charge in [-0.1, -0.05) is 31.9 Å². The molecule has 0 aromatic rings. The first-order chi connectivity index (χ1) is 8.20. The van der Waals surface area contributed by atoms with Crippen molar-refractivity contribution < 1.29 is 19.1 Å². The van der Waals surface area contributed by atoms with Gasteiger partial charge in [0.25, 0.3) is 0 Å². The lowest BCUT2D eigenvalue weighted by molar-refractivity contribution is -0.143.